The standard InChI is InChI=1S/C29H25ClN2O5/c1-36-21-9-5-17(6-10-21)26-25(27(33)18-3-7-20(30)8-4-18)28(34)29(35)32(26)14-13-19-16-31-24-12-11-22(37-2)15-23(19)24/h3-12,15-16,26,31,33H,13-14H2,1-2H3/b27-25-. The van der Waals surface area contributed by atoms with Gasteiger partial charge in [0.05, 0.1) is 25.8 Å². The lowest BCUT2D eigenvalue weighted by atomic mass is 9.95. The Morgan fingerprint density at radius 3 is 2.32 bits per heavy atom. The number of nitrogens with one attached hydrogen (secondary N) is 1. The van der Waals surface area contributed by atoms with Gasteiger partial charge in [-0.25, -0.2) is 0 Å². The van der Waals surface area contributed by atoms with Crippen LogP contribution in [0.5, 0.6) is 11.5 Å². The summed E-state index contributed by atoms with van der Waals surface area (Å²) in [6, 6.07) is 18.6. The van der Waals surface area contributed by atoms with Crippen LogP contribution in [0.25, 0.3) is 16.7 Å². The summed E-state index contributed by atoms with van der Waals surface area (Å²) in [5, 5.41) is 12.7. The Balaban J connectivity index is 1.55. The van der Waals surface area contributed by atoms with Gasteiger partial charge in [0.25, 0.3) is 11.7 Å². The average molecular weight is 517 g/mol. The highest BCUT2D eigenvalue weighted by molar-refractivity contribution is 6.46. The van der Waals surface area contributed by atoms with Gasteiger partial charge in [0.15, 0.2) is 0 Å². The molecule has 1 aliphatic heterocycles. The van der Waals surface area contributed by atoms with E-state index in [1.54, 1.807) is 62.8 Å². The number of carbonyl (C=O) groups excluding carboxylic acids is 2. The minimum atomic E-state index is -0.763. The molecule has 1 fully saturated rings. The molecule has 0 aliphatic carbocycles. The number of carbonyl (C=O) groups is 2. The fraction of sp³-hybridized carbons (Fsp3) is 0.172. The molecule has 4 aromatic rings. The molecule has 0 radical (unpaired) electrons. The van der Waals surface area contributed by atoms with Crippen molar-refractivity contribution in [2.24, 2.45) is 0 Å². The Hall–Kier alpha value is -4.23. The molecule has 1 saturated heterocycles. The lowest BCUT2D eigenvalue weighted by Gasteiger charge is -2.25. The SMILES string of the molecule is COc1ccc(C2/C(=C(/O)c3ccc(Cl)cc3)C(=O)C(=O)N2CCc2c[nH]c3ccc(OC)cc23)cc1. The number of aromatic nitrogens is 1. The van der Waals surface area contributed by atoms with E-state index in [4.69, 9.17) is 21.1 Å². The second-order valence-electron chi connectivity index (χ2n) is 8.75. The van der Waals surface area contributed by atoms with Crippen molar-refractivity contribution in [1.82, 2.24) is 9.88 Å². The van der Waals surface area contributed by atoms with Crippen LogP contribution in [0.3, 0.4) is 0 Å². The Bertz CT molecular complexity index is 1510. The summed E-state index contributed by atoms with van der Waals surface area (Å²) in [4.78, 5) is 31.3. The topological polar surface area (TPSA) is 91.9 Å². The highest BCUT2D eigenvalue weighted by Crippen LogP contribution is 2.40. The van der Waals surface area contributed by atoms with E-state index >= 15 is 0 Å². The third-order valence-corrected chi connectivity index (χ3v) is 6.94. The second-order valence-corrected chi connectivity index (χ2v) is 9.18. The summed E-state index contributed by atoms with van der Waals surface area (Å²) in [5.41, 5.74) is 3.08. The predicted octanol–water partition coefficient (Wildman–Crippen LogP) is 5.50. The number of Topliss-reactive ketones (excluding diaryl/α,β-unsaturated/α-hetero) is 1. The number of aromatic amines is 1. The minimum absolute atomic E-state index is 0.0399. The largest absolute Gasteiger partial charge is 0.507 e. The van der Waals surface area contributed by atoms with Crippen molar-refractivity contribution in [2.45, 2.75) is 12.5 Å². The fourth-order valence-corrected chi connectivity index (χ4v) is 4.86. The highest BCUT2D eigenvalue weighted by Gasteiger charge is 2.45. The lowest BCUT2D eigenvalue weighted by Crippen LogP contribution is -2.31. The van der Waals surface area contributed by atoms with E-state index in [2.05, 4.69) is 4.98 Å². The third-order valence-electron chi connectivity index (χ3n) is 6.69. The van der Waals surface area contributed by atoms with Crippen LogP contribution in [0.4, 0.5) is 0 Å². The van der Waals surface area contributed by atoms with E-state index in [-0.39, 0.29) is 17.9 Å². The third kappa shape index (κ3) is 4.54. The number of aliphatic hydroxyl groups excluding tert-OH is 1. The number of ketones is 1. The molecule has 0 bridgehead atoms. The average Bonchev–Trinajstić information content (AvgIpc) is 3.44. The first-order valence-corrected chi connectivity index (χ1v) is 12.1. The number of H-pyrrole nitrogens is 1. The number of rotatable bonds is 7. The van der Waals surface area contributed by atoms with Gasteiger partial charge in [-0.15, -0.1) is 0 Å². The molecule has 3 aromatic carbocycles. The quantitative estimate of drug-likeness (QED) is 0.192. The highest BCUT2D eigenvalue weighted by atomic mass is 35.5. The van der Waals surface area contributed by atoms with Gasteiger partial charge in [-0.05, 0) is 72.1 Å². The molecule has 2 heterocycles. The number of hydrogen-bond acceptors (Lipinski definition) is 5. The zero-order valence-corrected chi connectivity index (χ0v) is 21.1. The Morgan fingerprint density at radius 1 is 0.973 bits per heavy atom. The summed E-state index contributed by atoms with van der Waals surface area (Å²) in [5.74, 6) is -0.251. The van der Waals surface area contributed by atoms with Crippen molar-refractivity contribution in [1.29, 1.82) is 0 Å². The number of nitrogens with zero attached hydrogens (tertiary/aromatic N) is 1. The number of methoxy groups -OCH3 is 2. The monoisotopic (exact) mass is 516 g/mol. The first kappa shape index (κ1) is 24.5. The zero-order chi connectivity index (χ0) is 26.1. The van der Waals surface area contributed by atoms with Crippen molar-refractivity contribution < 1.29 is 24.2 Å². The lowest BCUT2D eigenvalue weighted by molar-refractivity contribution is -0.139. The van der Waals surface area contributed by atoms with Gasteiger partial charge in [0.1, 0.15) is 17.3 Å². The van der Waals surface area contributed by atoms with Gasteiger partial charge in [-0.1, -0.05) is 23.7 Å². The van der Waals surface area contributed by atoms with E-state index in [1.165, 1.54) is 4.90 Å². The normalized spacial score (nSPS) is 16.9. The fourth-order valence-electron chi connectivity index (χ4n) is 4.74. The van der Waals surface area contributed by atoms with Crippen LogP contribution < -0.4 is 9.47 Å². The maximum Gasteiger partial charge on any atom is 0.295 e. The molecular formula is C29H25ClN2O5. The van der Waals surface area contributed by atoms with E-state index in [0.717, 1.165) is 22.2 Å². The van der Waals surface area contributed by atoms with Crippen LogP contribution in [0.15, 0.2) is 78.5 Å². The van der Waals surface area contributed by atoms with Crippen LogP contribution in [-0.4, -0.2) is 47.4 Å². The van der Waals surface area contributed by atoms with Crippen LogP contribution in [0.2, 0.25) is 5.02 Å². The Morgan fingerprint density at radius 2 is 1.65 bits per heavy atom. The minimum Gasteiger partial charge on any atom is -0.507 e. The van der Waals surface area contributed by atoms with Crippen molar-refractivity contribution in [3.63, 3.8) is 0 Å². The van der Waals surface area contributed by atoms with Crippen LogP contribution in [0.1, 0.15) is 22.7 Å². The predicted molar refractivity (Wildman–Crippen MR) is 142 cm³/mol. The molecule has 1 atom stereocenters. The summed E-state index contributed by atoms with van der Waals surface area (Å²) >= 11 is 6.01. The molecule has 0 spiro atoms. The van der Waals surface area contributed by atoms with E-state index in [1.807, 2.05) is 24.4 Å². The number of benzene rings is 3. The Labute approximate surface area is 218 Å². The maximum absolute atomic E-state index is 13.3. The van der Waals surface area contributed by atoms with E-state index in [0.29, 0.717) is 28.3 Å². The van der Waals surface area contributed by atoms with Gasteiger partial charge in [0.2, 0.25) is 0 Å². The van der Waals surface area contributed by atoms with Crippen LogP contribution in [-0.2, 0) is 16.0 Å². The molecule has 1 amide bonds. The molecule has 8 heteroatoms. The molecule has 0 saturated carbocycles. The molecule has 2 N–H and O–H groups in total. The molecule has 1 aromatic heterocycles. The number of aliphatic hydroxyl groups is 1. The molecule has 37 heavy (non-hydrogen) atoms. The molecule has 7 nitrogen and oxygen atoms in total. The summed E-state index contributed by atoms with van der Waals surface area (Å²) in [7, 11) is 3.18. The first-order valence-electron chi connectivity index (χ1n) is 11.7. The van der Waals surface area contributed by atoms with Crippen LogP contribution in [0, 0.1) is 0 Å². The van der Waals surface area contributed by atoms with Crippen molar-refractivity contribution >= 4 is 40.0 Å². The Kier molecular flexibility index (Phi) is 6.63. The number of fused-ring (bicyclic) bond motifs is 1. The van der Waals surface area contributed by atoms with Gasteiger partial charge in [-0.2, -0.15) is 0 Å². The van der Waals surface area contributed by atoms with Gasteiger partial charge in [0, 0.05) is 34.2 Å². The zero-order valence-electron chi connectivity index (χ0n) is 20.3. The van der Waals surface area contributed by atoms with Crippen molar-refractivity contribution in [2.75, 3.05) is 20.8 Å². The van der Waals surface area contributed by atoms with Gasteiger partial charge >= 0.3 is 0 Å². The number of hydrogen-bond donors (Lipinski definition) is 2. The van der Waals surface area contributed by atoms with Crippen molar-refractivity contribution in [3.05, 3.63) is 100 Å². The molecule has 5 rings (SSSR count). The molecular weight excluding hydrogens is 492 g/mol. The van der Waals surface area contributed by atoms with E-state index < -0.39 is 17.7 Å². The van der Waals surface area contributed by atoms with Crippen LogP contribution >= 0.6 is 11.6 Å². The van der Waals surface area contributed by atoms with Crippen molar-refractivity contribution in [3.8, 4) is 11.5 Å². The number of amides is 1. The summed E-state index contributed by atoms with van der Waals surface area (Å²) in [6.07, 6.45) is 2.39. The molecule has 1 unspecified atom stereocenters. The second kappa shape index (κ2) is 10.0. The smallest absolute Gasteiger partial charge is 0.295 e. The van der Waals surface area contributed by atoms with Gasteiger partial charge in [-0.3, -0.25) is 9.59 Å². The maximum atomic E-state index is 13.3. The number of ether oxygens (including phenoxy) is 2. The number of halogens is 1. The number of likely N-dealkylation sites (tertiary alicyclic amines) is 1. The summed E-state index contributed by atoms with van der Waals surface area (Å²) < 4.78 is 10.6. The molecule has 188 valence electrons. The van der Waals surface area contributed by atoms with Gasteiger partial charge < -0.3 is 24.5 Å². The molecule has 1 aliphatic rings. The van der Waals surface area contributed by atoms with E-state index in [9.17, 15) is 14.7 Å². The summed E-state index contributed by atoms with van der Waals surface area (Å²) in [6.45, 7) is 0.267. The first-order chi connectivity index (χ1) is 17.9.